The molecule has 10 heteroatoms. The molecule has 0 amide bonds. The standard InChI is InChI=1S/C24H25N9O/c1-13-10-33(5-4-25-13)16-7-17-18(24-27-12-28-30-24)8-20(29-23(17)26-9-16)19-6-15-11-32(3)31-21(15)14(2)22(19)34/h6-9,11-13,25,34H,4-5,10H2,1-3H3,(H,27,28,30). The van der Waals surface area contributed by atoms with Gasteiger partial charge >= 0.3 is 0 Å². The summed E-state index contributed by atoms with van der Waals surface area (Å²) < 4.78 is 1.74. The number of phenols is 1. The third-order valence-corrected chi connectivity index (χ3v) is 6.45. The van der Waals surface area contributed by atoms with Crippen LogP contribution in [0.2, 0.25) is 0 Å². The lowest BCUT2D eigenvalue weighted by Gasteiger charge is -2.33. The van der Waals surface area contributed by atoms with Gasteiger partial charge in [0.2, 0.25) is 0 Å². The molecule has 1 aliphatic heterocycles. The number of aromatic nitrogens is 7. The molecule has 5 aromatic rings. The number of phenolic OH excluding ortho intramolecular Hbond substituents is 1. The molecule has 1 unspecified atom stereocenters. The summed E-state index contributed by atoms with van der Waals surface area (Å²) in [4.78, 5) is 16.3. The fourth-order valence-corrected chi connectivity index (χ4v) is 4.74. The Morgan fingerprint density at radius 1 is 1.15 bits per heavy atom. The van der Waals surface area contributed by atoms with Crippen molar-refractivity contribution in [1.82, 2.24) is 40.2 Å². The molecule has 0 radical (unpaired) electrons. The molecular weight excluding hydrogens is 430 g/mol. The maximum atomic E-state index is 11.0. The average molecular weight is 456 g/mol. The number of aromatic hydroxyl groups is 1. The zero-order valence-corrected chi connectivity index (χ0v) is 19.2. The minimum atomic E-state index is 0.160. The van der Waals surface area contributed by atoms with Gasteiger partial charge in [0.05, 0.1) is 23.1 Å². The Labute approximate surface area is 195 Å². The lowest BCUT2D eigenvalue weighted by atomic mass is 10.0. The monoisotopic (exact) mass is 455 g/mol. The third-order valence-electron chi connectivity index (χ3n) is 6.45. The van der Waals surface area contributed by atoms with Gasteiger partial charge in [-0.2, -0.15) is 10.2 Å². The summed E-state index contributed by atoms with van der Waals surface area (Å²) in [6.07, 6.45) is 5.29. The van der Waals surface area contributed by atoms with Crippen LogP contribution in [-0.4, -0.2) is 65.7 Å². The fourth-order valence-electron chi connectivity index (χ4n) is 4.74. The second-order valence-electron chi connectivity index (χ2n) is 8.89. The van der Waals surface area contributed by atoms with Gasteiger partial charge in [-0.05, 0) is 32.0 Å². The Morgan fingerprint density at radius 3 is 2.82 bits per heavy atom. The Morgan fingerprint density at radius 2 is 2.03 bits per heavy atom. The van der Waals surface area contributed by atoms with E-state index in [0.29, 0.717) is 34.3 Å². The first-order valence-corrected chi connectivity index (χ1v) is 11.3. The van der Waals surface area contributed by atoms with E-state index in [0.717, 1.165) is 47.2 Å². The number of aryl methyl sites for hydroxylation is 2. The van der Waals surface area contributed by atoms with Crippen molar-refractivity contribution in [1.29, 1.82) is 0 Å². The smallest absolute Gasteiger partial charge is 0.160 e. The maximum Gasteiger partial charge on any atom is 0.160 e. The number of nitrogens with zero attached hydrogens (tertiary/aromatic N) is 7. The van der Waals surface area contributed by atoms with Crippen molar-refractivity contribution < 1.29 is 5.11 Å². The number of rotatable bonds is 3. The van der Waals surface area contributed by atoms with Crippen LogP contribution in [0.5, 0.6) is 5.75 Å². The second kappa shape index (κ2) is 7.77. The number of hydrogen-bond donors (Lipinski definition) is 3. The van der Waals surface area contributed by atoms with E-state index < -0.39 is 0 Å². The minimum absolute atomic E-state index is 0.160. The third kappa shape index (κ3) is 3.34. The molecule has 0 spiro atoms. The number of aromatic amines is 1. The van der Waals surface area contributed by atoms with Crippen molar-refractivity contribution in [3.8, 4) is 28.4 Å². The van der Waals surface area contributed by atoms with E-state index in [4.69, 9.17) is 9.97 Å². The molecule has 6 rings (SSSR count). The van der Waals surface area contributed by atoms with Crippen LogP contribution in [0.15, 0.2) is 36.9 Å². The molecule has 172 valence electrons. The molecule has 0 bridgehead atoms. The van der Waals surface area contributed by atoms with Gasteiger partial charge in [0.25, 0.3) is 0 Å². The summed E-state index contributed by atoms with van der Waals surface area (Å²) in [5.74, 6) is 0.785. The van der Waals surface area contributed by atoms with E-state index in [2.05, 4.69) is 43.5 Å². The highest BCUT2D eigenvalue weighted by atomic mass is 16.3. The Bertz CT molecular complexity index is 1520. The summed E-state index contributed by atoms with van der Waals surface area (Å²) >= 11 is 0. The summed E-state index contributed by atoms with van der Waals surface area (Å²) in [6, 6.07) is 6.38. The van der Waals surface area contributed by atoms with Crippen LogP contribution < -0.4 is 10.2 Å². The molecule has 1 atom stereocenters. The highest BCUT2D eigenvalue weighted by Gasteiger charge is 2.21. The molecule has 1 aliphatic rings. The number of nitrogens with one attached hydrogen (secondary N) is 2. The lowest BCUT2D eigenvalue weighted by molar-refractivity contribution is 0.474. The maximum absolute atomic E-state index is 11.0. The largest absolute Gasteiger partial charge is 0.507 e. The van der Waals surface area contributed by atoms with E-state index >= 15 is 0 Å². The van der Waals surface area contributed by atoms with Crippen LogP contribution >= 0.6 is 0 Å². The molecular formula is C24H25N9O. The van der Waals surface area contributed by atoms with E-state index in [1.54, 1.807) is 4.68 Å². The van der Waals surface area contributed by atoms with Crippen LogP contribution in [0.4, 0.5) is 5.69 Å². The van der Waals surface area contributed by atoms with Crippen molar-refractivity contribution in [2.75, 3.05) is 24.5 Å². The van der Waals surface area contributed by atoms with E-state index in [1.165, 1.54) is 6.33 Å². The Kier molecular flexibility index (Phi) is 4.70. The first kappa shape index (κ1) is 20.5. The van der Waals surface area contributed by atoms with E-state index in [1.807, 2.05) is 38.5 Å². The van der Waals surface area contributed by atoms with Gasteiger partial charge < -0.3 is 15.3 Å². The first-order valence-electron chi connectivity index (χ1n) is 11.3. The number of anilines is 1. The van der Waals surface area contributed by atoms with Crippen molar-refractivity contribution in [3.63, 3.8) is 0 Å². The number of hydrogen-bond acceptors (Lipinski definition) is 8. The number of H-pyrrole nitrogens is 1. The van der Waals surface area contributed by atoms with Gasteiger partial charge in [-0.15, -0.1) is 0 Å². The normalized spacial score (nSPS) is 16.6. The van der Waals surface area contributed by atoms with E-state index in [9.17, 15) is 5.11 Å². The zero-order valence-electron chi connectivity index (χ0n) is 19.2. The predicted molar refractivity (Wildman–Crippen MR) is 131 cm³/mol. The average Bonchev–Trinajstić information content (AvgIpc) is 3.50. The first-order chi connectivity index (χ1) is 16.5. The van der Waals surface area contributed by atoms with Crippen LogP contribution in [0, 0.1) is 6.92 Å². The Balaban J connectivity index is 1.55. The van der Waals surface area contributed by atoms with Crippen molar-refractivity contribution in [3.05, 3.63) is 42.5 Å². The molecule has 5 heterocycles. The molecule has 3 N–H and O–H groups in total. The number of piperazine rings is 1. The highest BCUT2D eigenvalue weighted by Crippen LogP contribution is 2.39. The molecule has 10 nitrogen and oxygen atoms in total. The van der Waals surface area contributed by atoms with Gasteiger partial charge in [0.15, 0.2) is 11.5 Å². The van der Waals surface area contributed by atoms with Crippen molar-refractivity contribution >= 4 is 27.6 Å². The zero-order chi connectivity index (χ0) is 23.4. The van der Waals surface area contributed by atoms with Gasteiger partial charge in [-0.25, -0.2) is 15.0 Å². The summed E-state index contributed by atoms with van der Waals surface area (Å²) in [5.41, 5.74) is 5.19. The molecule has 0 aliphatic carbocycles. The molecule has 34 heavy (non-hydrogen) atoms. The molecule has 1 saturated heterocycles. The van der Waals surface area contributed by atoms with Crippen molar-refractivity contribution in [2.45, 2.75) is 19.9 Å². The van der Waals surface area contributed by atoms with Gasteiger partial charge in [0, 0.05) is 66.4 Å². The van der Waals surface area contributed by atoms with Crippen LogP contribution in [0.25, 0.3) is 44.6 Å². The lowest BCUT2D eigenvalue weighted by Crippen LogP contribution is -2.49. The predicted octanol–water partition coefficient (Wildman–Crippen LogP) is 2.78. The minimum Gasteiger partial charge on any atom is -0.507 e. The SMILES string of the molecule is Cc1c(O)c(-c2cc(-c3ncn[nH]3)c3cc(N4CCNC(C)C4)cnc3n2)cc2cn(C)nc12. The molecule has 4 aromatic heterocycles. The van der Waals surface area contributed by atoms with E-state index in [-0.39, 0.29) is 5.75 Å². The quantitative estimate of drug-likeness (QED) is 0.380. The number of fused-ring (bicyclic) bond motifs is 2. The van der Waals surface area contributed by atoms with Crippen molar-refractivity contribution in [2.24, 2.45) is 7.05 Å². The van der Waals surface area contributed by atoms with Gasteiger partial charge in [-0.3, -0.25) is 9.78 Å². The summed E-state index contributed by atoms with van der Waals surface area (Å²) in [6.45, 7) is 6.81. The number of pyridine rings is 2. The highest BCUT2D eigenvalue weighted by molar-refractivity contribution is 5.97. The topological polar surface area (TPSA) is 121 Å². The van der Waals surface area contributed by atoms with Gasteiger partial charge in [0.1, 0.15) is 12.1 Å². The summed E-state index contributed by atoms with van der Waals surface area (Å²) in [5, 5.41) is 27.8. The molecule has 1 fully saturated rings. The number of benzene rings is 1. The molecule has 1 aromatic carbocycles. The Hall–Kier alpha value is -4.05. The van der Waals surface area contributed by atoms with Crippen LogP contribution in [0.1, 0.15) is 12.5 Å². The van der Waals surface area contributed by atoms with Gasteiger partial charge in [-0.1, -0.05) is 0 Å². The molecule has 0 saturated carbocycles. The second-order valence-corrected chi connectivity index (χ2v) is 8.89. The van der Waals surface area contributed by atoms with Crippen LogP contribution in [-0.2, 0) is 7.05 Å². The fraction of sp³-hybridized carbons (Fsp3) is 0.292. The summed E-state index contributed by atoms with van der Waals surface area (Å²) in [7, 11) is 1.87. The van der Waals surface area contributed by atoms with Crippen LogP contribution in [0.3, 0.4) is 0 Å².